The quantitative estimate of drug-likeness (QED) is 0.0257. The molecule has 0 heterocycles. The molecule has 0 fully saturated rings. The summed E-state index contributed by atoms with van der Waals surface area (Å²) in [5, 5.41) is 30.3. The molecule has 0 aromatic carbocycles. The number of carbonyl (C=O) groups is 3. The largest absolute Gasteiger partial charge is 0.813 e. The zero-order chi connectivity index (χ0) is 51.5. The monoisotopic (exact) mass is 1210 g/mol. The molecule has 0 saturated heterocycles. The van der Waals surface area contributed by atoms with Crippen molar-refractivity contribution < 1.29 is 29.7 Å². The zero-order valence-electron chi connectivity index (χ0n) is 47.8. The maximum atomic E-state index is 10.1. The number of carboxylic acid groups (broad SMARTS) is 3. The minimum atomic E-state index is -0.909. The molecule has 412 valence electrons. The molecule has 0 aliphatic carbocycles. The van der Waals surface area contributed by atoms with Gasteiger partial charge in [0, 0.05) is 17.9 Å². The van der Waals surface area contributed by atoms with Gasteiger partial charge in [0.25, 0.3) is 0 Å². The number of unbranched alkanes of at least 4 members (excludes halogenated alkanes) is 36. The fraction of sp³-hybridized carbons (Fsp3) is 0.950. The van der Waals surface area contributed by atoms with Gasteiger partial charge in [-0.25, -0.2) is 0 Å². The zero-order valence-corrected chi connectivity index (χ0v) is 54.4. The Kier molecular flexibility index (Phi) is 96.4. The van der Waals surface area contributed by atoms with E-state index < -0.39 is 17.9 Å². The molecule has 0 radical (unpaired) electrons. The van der Waals surface area contributed by atoms with Crippen LogP contribution in [0.4, 0.5) is 0 Å². The molecule has 9 heteroatoms. The second kappa shape index (κ2) is 82.4. The van der Waals surface area contributed by atoms with Crippen molar-refractivity contribution in [2.24, 2.45) is 0 Å². The van der Waals surface area contributed by atoms with Crippen molar-refractivity contribution in [3.05, 3.63) is 0 Å². The Balaban J connectivity index is -0.000000181. The van der Waals surface area contributed by atoms with Crippen LogP contribution in [0.15, 0.2) is 0 Å². The van der Waals surface area contributed by atoms with E-state index in [9.17, 15) is 29.7 Å². The molecule has 0 N–H and O–H groups in total. The van der Waals surface area contributed by atoms with Crippen molar-refractivity contribution in [2.45, 2.75) is 362 Å². The van der Waals surface area contributed by atoms with E-state index in [1.807, 2.05) is 0 Å². The molecular formula is C60H122O6SSn2. The Labute approximate surface area is 461 Å². The molecule has 6 nitrogen and oxygen atoms in total. The van der Waals surface area contributed by atoms with Crippen LogP contribution in [0.5, 0.6) is 0 Å². The van der Waals surface area contributed by atoms with E-state index >= 15 is 0 Å². The van der Waals surface area contributed by atoms with Crippen molar-refractivity contribution >= 4 is 73.7 Å². The summed E-state index contributed by atoms with van der Waals surface area (Å²) in [5.41, 5.74) is 0. The molecule has 0 unspecified atom stereocenters. The average Bonchev–Trinajstić information content (AvgIpc) is 3.32. The molecule has 69 heavy (non-hydrogen) atoms. The Hall–Kier alpha value is 0.357. The average molecular weight is 1210 g/mol. The number of thiol groups is 1. The third kappa shape index (κ3) is 106. The number of hydrogen-bond acceptors (Lipinski definition) is 7. The maximum absolute atomic E-state index is 10.1. The molecule has 0 aromatic rings. The van der Waals surface area contributed by atoms with Crippen LogP contribution in [0.3, 0.4) is 0 Å². The van der Waals surface area contributed by atoms with Gasteiger partial charge in [-0.05, 0) is 38.5 Å². The minimum absolute atomic E-state index is 0. The van der Waals surface area contributed by atoms with Gasteiger partial charge in [-0.1, -0.05) is 175 Å². The molecule has 0 aliphatic rings. The fourth-order valence-electron chi connectivity index (χ4n) is 7.65. The van der Waals surface area contributed by atoms with Crippen LogP contribution in [0.1, 0.15) is 344 Å². The van der Waals surface area contributed by atoms with Crippen LogP contribution >= 0.6 is 0 Å². The van der Waals surface area contributed by atoms with Gasteiger partial charge >= 0.3 is 190 Å². The maximum Gasteiger partial charge on any atom is -0.813 e. The van der Waals surface area contributed by atoms with Crippen LogP contribution in [0.25, 0.3) is 0 Å². The summed E-state index contributed by atoms with van der Waals surface area (Å²) in [6.07, 6.45) is 57.2. The molecule has 0 saturated carbocycles. The normalized spacial score (nSPS) is 10.1. The molecule has 0 atom stereocenters. The standard InChI is InChI=1S/3C12H24O2.2C8H17.2C4H9.H2S.2Sn/c3*1-2-3-4-5-6-7-8-9-10-11-12(13)14;2*1-3-5-7-8-6-4-2;2*1-3-4-2;;;/h3*2-11H2,1H3,(H,13,14);2*1,3-8H2,2H3;2*1,3-4H2,2H3;1H2;;/q;;;;;;;;2*+2/p-4. The first-order valence-corrected chi connectivity index (χ1v) is 38.2. The smallest absolute Gasteiger partial charge is 0.813 e. The van der Waals surface area contributed by atoms with Crippen molar-refractivity contribution in [2.75, 3.05) is 0 Å². The molecular weight excluding hydrogens is 1090 g/mol. The third-order valence-electron chi connectivity index (χ3n) is 12.3. The van der Waals surface area contributed by atoms with Crippen LogP contribution in [0, 0.1) is 0 Å². The number of hydrogen-bond donors (Lipinski definition) is 0. The first kappa shape index (κ1) is 80.7. The number of aliphatic carboxylic acids is 3. The minimum Gasteiger partial charge on any atom is -0.813 e. The van der Waals surface area contributed by atoms with Gasteiger partial charge < -0.3 is 43.2 Å². The topological polar surface area (TPSA) is 120 Å². The van der Waals surface area contributed by atoms with Crippen LogP contribution in [-0.2, 0) is 27.9 Å². The van der Waals surface area contributed by atoms with Crippen molar-refractivity contribution in [1.29, 1.82) is 0 Å². The van der Waals surface area contributed by atoms with Gasteiger partial charge in [0.1, 0.15) is 0 Å². The summed E-state index contributed by atoms with van der Waals surface area (Å²) in [6.45, 7) is 15.8. The third-order valence-corrected chi connectivity index (χ3v) is 20.4. The van der Waals surface area contributed by atoms with E-state index in [4.69, 9.17) is 0 Å². The van der Waals surface area contributed by atoms with Gasteiger partial charge in [-0.3, -0.25) is 0 Å². The summed E-state index contributed by atoms with van der Waals surface area (Å²) in [4.78, 5) is 30.3. The Morgan fingerprint density at radius 1 is 0.232 bits per heavy atom. The van der Waals surface area contributed by atoms with Gasteiger partial charge in [0.05, 0.1) is 0 Å². The SMILES string of the molecule is CCCCCCCCCCCC(=O)[O-].CCCCCCCCCCCC(=O)[O-].CCCCCCCCCCCC(=O)[O-].CCCCCCC[CH2][Sn+2][CH2]CCCCCCC.CCC[CH2][Sn+2][CH2]CCC.[SH-]. The van der Waals surface area contributed by atoms with Crippen LogP contribution < -0.4 is 15.3 Å². The number of rotatable bonds is 50. The molecule has 0 aliphatic heterocycles. The summed E-state index contributed by atoms with van der Waals surface area (Å²) in [7, 11) is 0. The Bertz CT molecular complexity index is 800. The number of carbonyl (C=O) groups excluding carboxylic acids is 3. The predicted octanol–water partition coefficient (Wildman–Crippen LogP) is 17.1. The van der Waals surface area contributed by atoms with E-state index in [0.29, 0.717) is 0 Å². The van der Waals surface area contributed by atoms with E-state index in [-0.39, 0.29) is 75.0 Å². The summed E-state index contributed by atoms with van der Waals surface area (Å²) < 4.78 is 6.56. The number of carboxylic acids is 3. The molecule has 0 bridgehead atoms. The molecule has 0 amide bonds. The van der Waals surface area contributed by atoms with E-state index in [1.54, 1.807) is 30.6 Å². The van der Waals surface area contributed by atoms with Gasteiger partial charge in [-0.15, -0.1) is 0 Å². The van der Waals surface area contributed by atoms with Gasteiger partial charge in [0.15, 0.2) is 0 Å². The van der Waals surface area contributed by atoms with Crippen molar-refractivity contribution in [3.8, 4) is 0 Å². The Morgan fingerprint density at radius 2 is 0.377 bits per heavy atom. The van der Waals surface area contributed by atoms with Gasteiger partial charge in [-0.2, -0.15) is 0 Å². The second-order valence-electron chi connectivity index (χ2n) is 19.6. The first-order valence-electron chi connectivity index (χ1n) is 30.1. The fourth-order valence-corrected chi connectivity index (χ4v) is 15.4. The van der Waals surface area contributed by atoms with Crippen LogP contribution in [0.2, 0.25) is 17.7 Å². The summed E-state index contributed by atoms with van der Waals surface area (Å²) in [5.74, 6) is -2.73. The van der Waals surface area contributed by atoms with Gasteiger partial charge in [0.2, 0.25) is 0 Å². The Morgan fingerprint density at radius 3 is 0.551 bits per heavy atom. The van der Waals surface area contributed by atoms with Crippen molar-refractivity contribution in [1.82, 2.24) is 0 Å². The second-order valence-corrected chi connectivity index (χ2v) is 28.2. The van der Waals surface area contributed by atoms with E-state index in [2.05, 4.69) is 48.5 Å². The van der Waals surface area contributed by atoms with Crippen molar-refractivity contribution in [3.63, 3.8) is 0 Å². The molecule has 0 spiro atoms. The first-order chi connectivity index (χ1) is 33.1. The van der Waals surface area contributed by atoms with Crippen LogP contribution in [-0.4, -0.2) is 60.2 Å². The van der Waals surface area contributed by atoms with E-state index in [1.165, 1.54) is 225 Å². The predicted molar refractivity (Wildman–Crippen MR) is 307 cm³/mol. The summed E-state index contributed by atoms with van der Waals surface area (Å²) in [6, 6.07) is 0. The molecule has 0 aromatic heterocycles. The summed E-state index contributed by atoms with van der Waals surface area (Å²) >= 11 is 0.223. The molecule has 0 rings (SSSR count). The van der Waals surface area contributed by atoms with E-state index in [0.717, 1.165) is 38.5 Å².